The number of guanidine groups is 1. The van der Waals surface area contributed by atoms with Crippen LogP contribution in [0.25, 0.3) is 0 Å². The molecule has 0 bridgehead atoms. The Kier molecular flexibility index (Phi) is 8.22. The van der Waals surface area contributed by atoms with Gasteiger partial charge in [0.2, 0.25) is 0 Å². The fourth-order valence-corrected chi connectivity index (χ4v) is 3.12. The van der Waals surface area contributed by atoms with Crippen LogP contribution in [0.4, 0.5) is 13.2 Å². The minimum Gasteiger partial charge on any atom is -0.493 e. The van der Waals surface area contributed by atoms with Crippen LogP contribution in [-0.2, 0) is 6.54 Å². The minimum absolute atomic E-state index is 0.0602. The second kappa shape index (κ2) is 10.4. The van der Waals surface area contributed by atoms with Gasteiger partial charge in [0.25, 0.3) is 0 Å². The van der Waals surface area contributed by atoms with Gasteiger partial charge in [0.1, 0.15) is 0 Å². The summed E-state index contributed by atoms with van der Waals surface area (Å²) in [4.78, 5) is 5.98. The number of likely N-dealkylation sites (tertiary alicyclic amines) is 1. The maximum Gasteiger partial charge on any atom is 0.401 e. The second-order valence-electron chi connectivity index (χ2n) is 6.59. The molecular formula is C19H29F3N4O2. The van der Waals surface area contributed by atoms with Crippen molar-refractivity contribution in [1.82, 2.24) is 15.5 Å². The van der Waals surface area contributed by atoms with E-state index in [4.69, 9.17) is 9.47 Å². The summed E-state index contributed by atoms with van der Waals surface area (Å²) < 4.78 is 48.5. The Balaban J connectivity index is 1.98. The number of nitrogens with one attached hydrogen (secondary N) is 2. The standard InChI is InChI=1S/C19H29F3N4O2/c1-4-23-18(25-15-8-9-26(12-15)13-19(20,21)22)24-11-14-6-7-16(27-3)17(10-14)28-5-2/h6-7,10,15H,4-5,8-9,11-13H2,1-3H3,(H2,23,24,25). The summed E-state index contributed by atoms with van der Waals surface area (Å²) >= 11 is 0. The molecule has 1 aliphatic rings. The number of hydrogen-bond donors (Lipinski definition) is 2. The Labute approximate surface area is 164 Å². The molecule has 0 aromatic heterocycles. The maximum absolute atomic E-state index is 12.6. The van der Waals surface area contributed by atoms with E-state index >= 15 is 0 Å². The smallest absolute Gasteiger partial charge is 0.401 e. The second-order valence-corrected chi connectivity index (χ2v) is 6.59. The SMILES string of the molecule is CCNC(=NCc1ccc(OC)c(OCC)c1)NC1CCN(CC(F)(F)F)C1. The van der Waals surface area contributed by atoms with E-state index in [1.54, 1.807) is 7.11 Å². The maximum atomic E-state index is 12.6. The van der Waals surface area contributed by atoms with E-state index in [0.29, 0.717) is 56.7 Å². The van der Waals surface area contributed by atoms with Gasteiger partial charge < -0.3 is 20.1 Å². The molecule has 2 N–H and O–H groups in total. The number of alkyl halides is 3. The van der Waals surface area contributed by atoms with E-state index < -0.39 is 12.7 Å². The number of benzene rings is 1. The first kappa shape index (κ1) is 22.1. The average molecular weight is 402 g/mol. The van der Waals surface area contributed by atoms with Gasteiger partial charge in [-0.2, -0.15) is 13.2 Å². The van der Waals surface area contributed by atoms with Gasteiger partial charge in [-0.05, 0) is 38.0 Å². The highest BCUT2D eigenvalue weighted by Crippen LogP contribution is 2.28. The lowest BCUT2D eigenvalue weighted by Gasteiger charge is -2.19. The predicted octanol–water partition coefficient (Wildman–Crippen LogP) is 2.79. The lowest BCUT2D eigenvalue weighted by Crippen LogP contribution is -2.45. The number of aliphatic imine (C=N–C) groups is 1. The molecule has 158 valence electrons. The molecule has 0 amide bonds. The van der Waals surface area contributed by atoms with Crippen LogP contribution in [0.15, 0.2) is 23.2 Å². The van der Waals surface area contributed by atoms with Crippen molar-refractivity contribution in [2.24, 2.45) is 4.99 Å². The molecular weight excluding hydrogens is 373 g/mol. The highest BCUT2D eigenvalue weighted by atomic mass is 19.4. The zero-order valence-corrected chi connectivity index (χ0v) is 16.6. The molecule has 6 nitrogen and oxygen atoms in total. The molecule has 1 fully saturated rings. The van der Waals surface area contributed by atoms with Crippen molar-refractivity contribution in [3.05, 3.63) is 23.8 Å². The topological polar surface area (TPSA) is 58.1 Å². The van der Waals surface area contributed by atoms with Crippen molar-refractivity contribution < 1.29 is 22.6 Å². The molecule has 1 aromatic rings. The van der Waals surface area contributed by atoms with Crippen LogP contribution >= 0.6 is 0 Å². The summed E-state index contributed by atoms with van der Waals surface area (Å²) in [6.07, 6.45) is -3.52. The summed E-state index contributed by atoms with van der Waals surface area (Å²) in [5, 5.41) is 6.39. The molecule has 0 saturated carbocycles. The number of rotatable bonds is 8. The summed E-state index contributed by atoms with van der Waals surface area (Å²) in [5.74, 6) is 1.92. The van der Waals surface area contributed by atoms with Crippen LogP contribution in [0.2, 0.25) is 0 Å². The van der Waals surface area contributed by atoms with E-state index in [9.17, 15) is 13.2 Å². The number of methoxy groups -OCH3 is 1. The van der Waals surface area contributed by atoms with E-state index in [2.05, 4.69) is 15.6 Å². The van der Waals surface area contributed by atoms with Gasteiger partial charge in [-0.3, -0.25) is 4.90 Å². The third-order valence-corrected chi connectivity index (χ3v) is 4.31. The largest absolute Gasteiger partial charge is 0.493 e. The molecule has 9 heteroatoms. The van der Waals surface area contributed by atoms with Crippen LogP contribution in [0.3, 0.4) is 0 Å². The lowest BCUT2D eigenvalue weighted by atomic mass is 10.2. The van der Waals surface area contributed by atoms with Crippen molar-refractivity contribution in [2.75, 3.05) is 39.9 Å². The molecule has 0 radical (unpaired) electrons. The third-order valence-electron chi connectivity index (χ3n) is 4.31. The Morgan fingerprint density at radius 2 is 2.07 bits per heavy atom. The Morgan fingerprint density at radius 3 is 2.71 bits per heavy atom. The molecule has 1 aliphatic heterocycles. The van der Waals surface area contributed by atoms with Crippen LogP contribution in [0, 0.1) is 0 Å². The highest BCUT2D eigenvalue weighted by Gasteiger charge is 2.34. The van der Waals surface area contributed by atoms with Crippen molar-refractivity contribution in [3.63, 3.8) is 0 Å². The van der Waals surface area contributed by atoms with Crippen molar-refractivity contribution in [2.45, 2.75) is 39.0 Å². The van der Waals surface area contributed by atoms with E-state index in [-0.39, 0.29) is 6.04 Å². The molecule has 2 rings (SSSR count). The number of ether oxygens (including phenoxy) is 2. The van der Waals surface area contributed by atoms with Crippen molar-refractivity contribution >= 4 is 5.96 Å². The predicted molar refractivity (Wildman–Crippen MR) is 103 cm³/mol. The van der Waals surface area contributed by atoms with E-state index in [1.807, 2.05) is 32.0 Å². The quantitative estimate of drug-likeness (QED) is 0.517. The summed E-state index contributed by atoms with van der Waals surface area (Å²) in [7, 11) is 1.59. The van der Waals surface area contributed by atoms with Gasteiger partial charge in [0.05, 0.1) is 26.8 Å². The van der Waals surface area contributed by atoms with Gasteiger partial charge in [-0.25, -0.2) is 4.99 Å². The Hall–Kier alpha value is -2.16. The average Bonchev–Trinajstić information content (AvgIpc) is 3.05. The zero-order valence-electron chi connectivity index (χ0n) is 16.6. The molecule has 1 saturated heterocycles. The van der Waals surface area contributed by atoms with Gasteiger partial charge >= 0.3 is 6.18 Å². The van der Waals surface area contributed by atoms with Crippen LogP contribution in [0.1, 0.15) is 25.8 Å². The zero-order chi connectivity index (χ0) is 20.6. The molecule has 1 heterocycles. The van der Waals surface area contributed by atoms with Gasteiger partial charge in [-0.15, -0.1) is 0 Å². The molecule has 1 aromatic carbocycles. The van der Waals surface area contributed by atoms with Crippen molar-refractivity contribution in [3.8, 4) is 11.5 Å². The summed E-state index contributed by atoms with van der Waals surface area (Å²) in [6, 6.07) is 5.57. The summed E-state index contributed by atoms with van der Waals surface area (Å²) in [5.41, 5.74) is 0.951. The number of hydrogen-bond acceptors (Lipinski definition) is 4. The molecule has 0 aliphatic carbocycles. The molecule has 0 spiro atoms. The van der Waals surface area contributed by atoms with Gasteiger partial charge in [-0.1, -0.05) is 6.07 Å². The third kappa shape index (κ3) is 7.10. The summed E-state index contributed by atoms with van der Waals surface area (Å²) in [6.45, 7) is 5.36. The monoisotopic (exact) mass is 402 g/mol. The normalized spacial score (nSPS) is 18.2. The van der Waals surface area contributed by atoms with Crippen LogP contribution in [0.5, 0.6) is 11.5 Å². The van der Waals surface area contributed by atoms with Gasteiger partial charge in [0.15, 0.2) is 17.5 Å². The fraction of sp³-hybridized carbons (Fsp3) is 0.632. The minimum atomic E-state index is -4.17. The van der Waals surface area contributed by atoms with Gasteiger partial charge in [0, 0.05) is 25.7 Å². The lowest BCUT2D eigenvalue weighted by molar-refractivity contribution is -0.143. The molecule has 1 unspecified atom stereocenters. The Bertz CT molecular complexity index is 653. The Morgan fingerprint density at radius 1 is 1.29 bits per heavy atom. The first-order valence-corrected chi connectivity index (χ1v) is 9.48. The van der Waals surface area contributed by atoms with Crippen LogP contribution < -0.4 is 20.1 Å². The number of nitrogens with zero attached hydrogens (tertiary/aromatic N) is 2. The first-order valence-electron chi connectivity index (χ1n) is 9.48. The number of halogens is 3. The molecule has 1 atom stereocenters. The van der Waals surface area contributed by atoms with E-state index in [1.165, 1.54) is 4.90 Å². The van der Waals surface area contributed by atoms with Crippen molar-refractivity contribution in [1.29, 1.82) is 0 Å². The fourth-order valence-electron chi connectivity index (χ4n) is 3.12. The van der Waals surface area contributed by atoms with E-state index in [0.717, 1.165) is 5.56 Å². The highest BCUT2D eigenvalue weighted by molar-refractivity contribution is 5.80. The first-order chi connectivity index (χ1) is 13.3. The molecule has 28 heavy (non-hydrogen) atoms. The van der Waals surface area contributed by atoms with Crippen LogP contribution in [-0.4, -0.2) is 63.0 Å².